The number of benzene rings is 1. The molecule has 1 atom stereocenters. The zero-order valence-electron chi connectivity index (χ0n) is 9.90. The van der Waals surface area contributed by atoms with E-state index in [2.05, 4.69) is 5.32 Å². The molecule has 1 unspecified atom stereocenters. The number of hydrogen-bond donors (Lipinski definition) is 2. The third kappa shape index (κ3) is 3.53. The van der Waals surface area contributed by atoms with Crippen LogP contribution in [0.4, 0.5) is 11.4 Å². The number of aliphatic hydroxyl groups is 1. The maximum atomic E-state index is 10.6. The van der Waals surface area contributed by atoms with Crippen molar-refractivity contribution in [2.24, 2.45) is 0 Å². The summed E-state index contributed by atoms with van der Waals surface area (Å²) in [6.07, 6.45) is -0.534. The summed E-state index contributed by atoms with van der Waals surface area (Å²) in [6.45, 7) is 5.44. The van der Waals surface area contributed by atoms with Crippen molar-refractivity contribution >= 4 is 34.0 Å². The van der Waals surface area contributed by atoms with Crippen LogP contribution in [0.3, 0.4) is 0 Å². The molecule has 94 valence electrons. The van der Waals surface area contributed by atoms with E-state index in [0.717, 1.165) is 9.26 Å². The van der Waals surface area contributed by atoms with E-state index < -0.39 is 16.6 Å². The Bertz CT molecular complexity index is 433. The fourth-order valence-electron chi connectivity index (χ4n) is 1.17. The van der Waals surface area contributed by atoms with Crippen molar-refractivity contribution in [1.29, 1.82) is 0 Å². The van der Waals surface area contributed by atoms with Crippen molar-refractivity contribution in [3.8, 4) is 0 Å². The smallest absolute Gasteiger partial charge is 0.270 e. The van der Waals surface area contributed by atoms with Gasteiger partial charge < -0.3 is 10.4 Å². The van der Waals surface area contributed by atoms with Crippen LogP contribution in [0, 0.1) is 13.7 Å². The third-order valence-corrected chi connectivity index (χ3v) is 3.56. The molecule has 0 heterocycles. The number of halogens is 1. The highest BCUT2D eigenvalue weighted by Gasteiger charge is 2.24. The summed E-state index contributed by atoms with van der Waals surface area (Å²) >= 11 is 2.03. The number of nitro benzene ring substituents is 1. The topological polar surface area (TPSA) is 75.4 Å². The van der Waals surface area contributed by atoms with Crippen LogP contribution in [0.25, 0.3) is 0 Å². The zero-order valence-corrected chi connectivity index (χ0v) is 12.1. The summed E-state index contributed by atoms with van der Waals surface area (Å²) in [6, 6.07) is 4.60. The van der Waals surface area contributed by atoms with Crippen LogP contribution in [0.1, 0.15) is 20.8 Å². The Hall–Kier alpha value is -0.890. The molecule has 1 rings (SSSR count). The van der Waals surface area contributed by atoms with Gasteiger partial charge in [0, 0.05) is 21.4 Å². The molecule has 0 aliphatic rings. The number of nitrogens with one attached hydrogen (secondary N) is 1. The van der Waals surface area contributed by atoms with Crippen molar-refractivity contribution in [1.82, 2.24) is 0 Å². The maximum absolute atomic E-state index is 10.6. The predicted octanol–water partition coefficient (Wildman–Crippen LogP) is 2.77. The van der Waals surface area contributed by atoms with Crippen LogP contribution in [-0.4, -0.2) is 21.7 Å². The number of aliphatic hydroxyl groups excluding tert-OH is 1. The van der Waals surface area contributed by atoms with Crippen LogP contribution in [0.2, 0.25) is 0 Å². The summed E-state index contributed by atoms with van der Waals surface area (Å²) in [4.78, 5) is 10.2. The normalized spacial score (nSPS) is 13.2. The molecule has 2 N–H and O–H groups in total. The molecule has 0 fully saturated rings. The minimum absolute atomic E-state index is 0.0646. The molecule has 17 heavy (non-hydrogen) atoms. The van der Waals surface area contributed by atoms with Gasteiger partial charge in [0.15, 0.2) is 0 Å². The lowest BCUT2D eigenvalue weighted by molar-refractivity contribution is -0.384. The van der Waals surface area contributed by atoms with Crippen molar-refractivity contribution in [3.63, 3.8) is 0 Å². The Morgan fingerprint density at radius 1 is 1.53 bits per heavy atom. The summed E-state index contributed by atoms with van der Waals surface area (Å²) in [7, 11) is 0. The summed E-state index contributed by atoms with van der Waals surface area (Å²) in [5, 5.41) is 23.4. The van der Waals surface area contributed by atoms with Crippen LogP contribution in [0.15, 0.2) is 18.2 Å². The second kappa shape index (κ2) is 5.18. The van der Waals surface area contributed by atoms with Gasteiger partial charge in [0.2, 0.25) is 0 Å². The van der Waals surface area contributed by atoms with Gasteiger partial charge in [-0.15, -0.1) is 0 Å². The fraction of sp³-hybridized carbons (Fsp3) is 0.455. The Morgan fingerprint density at radius 2 is 2.12 bits per heavy atom. The number of nitrogens with zero attached hydrogens (tertiary/aromatic N) is 1. The first kappa shape index (κ1) is 14.2. The van der Waals surface area contributed by atoms with Gasteiger partial charge in [0.25, 0.3) is 5.69 Å². The SMILES string of the molecule is CC(O)C(C)(C)Nc1ccc([N+](=O)[O-])cc1I. The molecule has 5 nitrogen and oxygen atoms in total. The Balaban J connectivity index is 2.98. The van der Waals surface area contributed by atoms with Gasteiger partial charge >= 0.3 is 0 Å². The van der Waals surface area contributed by atoms with Gasteiger partial charge in [-0.3, -0.25) is 10.1 Å². The summed E-state index contributed by atoms with van der Waals surface area (Å²) < 4.78 is 0.755. The van der Waals surface area contributed by atoms with Crippen LogP contribution in [-0.2, 0) is 0 Å². The van der Waals surface area contributed by atoms with Crippen molar-refractivity contribution in [3.05, 3.63) is 31.9 Å². The second-order valence-electron chi connectivity index (χ2n) is 4.44. The largest absolute Gasteiger partial charge is 0.391 e. The molecule has 0 aromatic heterocycles. The summed E-state index contributed by atoms with van der Waals surface area (Å²) in [5.74, 6) is 0. The van der Waals surface area contributed by atoms with E-state index in [1.165, 1.54) is 12.1 Å². The Kier molecular flexibility index (Phi) is 4.31. The number of nitro groups is 1. The van der Waals surface area contributed by atoms with E-state index in [9.17, 15) is 15.2 Å². The van der Waals surface area contributed by atoms with Crippen molar-refractivity contribution in [2.45, 2.75) is 32.4 Å². The van der Waals surface area contributed by atoms with E-state index in [1.807, 2.05) is 36.4 Å². The standard InChI is InChI=1S/C11H15IN2O3/c1-7(15)11(2,3)13-10-5-4-8(14(16)17)6-9(10)12/h4-7,13,15H,1-3H3. The summed E-state index contributed by atoms with van der Waals surface area (Å²) in [5.41, 5.74) is 0.354. The molecule has 1 aromatic rings. The van der Waals surface area contributed by atoms with Crippen LogP contribution < -0.4 is 5.32 Å². The minimum atomic E-state index is -0.534. The quantitative estimate of drug-likeness (QED) is 0.497. The lowest BCUT2D eigenvalue weighted by Crippen LogP contribution is -2.42. The Morgan fingerprint density at radius 3 is 2.53 bits per heavy atom. The zero-order chi connectivity index (χ0) is 13.2. The molecule has 6 heteroatoms. The molecule has 0 saturated heterocycles. The van der Waals surface area contributed by atoms with E-state index in [4.69, 9.17) is 0 Å². The second-order valence-corrected chi connectivity index (χ2v) is 5.61. The van der Waals surface area contributed by atoms with E-state index in [0.29, 0.717) is 0 Å². The molecule has 1 aromatic carbocycles. The first-order valence-electron chi connectivity index (χ1n) is 5.14. The molecule has 0 amide bonds. The van der Waals surface area contributed by atoms with E-state index in [-0.39, 0.29) is 5.69 Å². The predicted molar refractivity (Wildman–Crippen MR) is 75.2 cm³/mol. The molecular formula is C11H15IN2O3. The molecule has 0 radical (unpaired) electrons. The van der Waals surface area contributed by atoms with Crippen LogP contribution in [0.5, 0.6) is 0 Å². The molecule has 0 aliphatic heterocycles. The highest BCUT2D eigenvalue weighted by molar-refractivity contribution is 14.1. The maximum Gasteiger partial charge on any atom is 0.270 e. The monoisotopic (exact) mass is 350 g/mol. The highest BCUT2D eigenvalue weighted by Crippen LogP contribution is 2.27. The van der Waals surface area contributed by atoms with Crippen LogP contribution >= 0.6 is 22.6 Å². The van der Waals surface area contributed by atoms with Gasteiger partial charge in [0.05, 0.1) is 16.6 Å². The van der Waals surface area contributed by atoms with Gasteiger partial charge in [-0.25, -0.2) is 0 Å². The Labute approximate surface area is 114 Å². The lowest BCUT2D eigenvalue weighted by Gasteiger charge is -2.31. The van der Waals surface area contributed by atoms with Gasteiger partial charge in [0.1, 0.15) is 0 Å². The number of hydrogen-bond acceptors (Lipinski definition) is 4. The van der Waals surface area contributed by atoms with E-state index in [1.54, 1.807) is 13.0 Å². The van der Waals surface area contributed by atoms with Gasteiger partial charge in [-0.05, 0) is 49.4 Å². The average Bonchev–Trinajstić information content (AvgIpc) is 2.20. The number of rotatable bonds is 4. The van der Waals surface area contributed by atoms with Gasteiger partial charge in [-0.1, -0.05) is 0 Å². The number of non-ortho nitro benzene ring substituents is 1. The lowest BCUT2D eigenvalue weighted by atomic mass is 9.98. The first-order valence-corrected chi connectivity index (χ1v) is 6.22. The van der Waals surface area contributed by atoms with Crippen molar-refractivity contribution < 1.29 is 10.0 Å². The molecule has 0 aliphatic carbocycles. The third-order valence-electron chi connectivity index (χ3n) is 2.66. The molecule has 0 saturated carbocycles. The number of anilines is 1. The van der Waals surface area contributed by atoms with Gasteiger partial charge in [-0.2, -0.15) is 0 Å². The molecule has 0 spiro atoms. The van der Waals surface area contributed by atoms with E-state index >= 15 is 0 Å². The highest BCUT2D eigenvalue weighted by atomic mass is 127. The minimum Gasteiger partial charge on any atom is -0.391 e. The molecular weight excluding hydrogens is 335 g/mol. The average molecular weight is 350 g/mol. The molecule has 0 bridgehead atoms. The first-order chi connectivity index (χ1) is 7.74. The fourth-order valence-corrected chi connectivity index (χ4v) is 1.80. The van der Waals surface area contributed by atoms with Crippen molar-refractivity contribution in [2.75, 3.05) is 5.32 Å².